The SMILES string of the molecule is C.COC(=O)c1ccc(-c2nc(C3CCC(CO)CC3)cnc2N)cc1F.Nc1ncc(C2CCC(CO)CC2)nc1-c1ccc(C(=O)O)c(F)c1.[Li+].[OH-]. The second-order valence-electron chi connectivity index (χ2n) is 13.0. The number of aromatic carboxylic acids is 1. The Balaban J connectivity index is 0.000000354. The second kappa shape index (κ2) is 20.8. The summed E-state index contributed by atoms with van der Waals surface area (Å²) in [6.07, 6.45) is 10.8. The summed E-state index contributed by atoms with van der Waals surface area (Å²) >= 11 is 0. The van der Waals surface area contributed by atoms with Crippen LogP contribution < -0.4 is 30.3 Å². The Labute approximate surface area is 325 Å². The van der Waals surface area contributed by atoms with E-state index in [9.17, 15) is 28.6 Å². The van der Waals surface area contributed by atoms with Crippen LogP contribution in [0.3, 0.4) is 0 Å². The number of aromatic nitrogens is 4. The van der Waals surface area contributed by atoms with Crippen molar-refractivity contribution in [2.45, 2.75) is 70.6 Å². The first-order valence-corrected chi connectivity index (χ1v) is 16.9. The molecule has 2 aromatic carbocycles. The van der Waals surface area contributed by atoms with Gasteiger partial charge < -0.3 is 37.0 Å². The van der Waals surface area contributed by atoms with Crippen molar-refractivity contribution in [3.05, 3.63) is 82.9 Å². The van der Waals surface area contributed by atoms with E-state index in [4.69, 9.17) is 16.6 Å². The number of carbonyl (C=O) groups is 2. The molecule has 2 aliphatic rings. The van der Waals surface area contributed by atoms with Crippen LogP contribution in [-0.4, -0.2) is 73.0 Å². The zero-order chi connectivity index (χ0) is 36.7. The van der Waals surface area contributed by atoms with Crippen LogP contribution in [-0.2, 0) is 4.74 Å². The van der Waals surface area contributed by atoms with Crippen molar-refractivity contribution in [1.82, 2.24) is 19.9 Å². The second-order valence-corrected chi connectivity index (χ2v) is 13.0. The number of hydrogen-bond acceptors (Lipinski definition) is 12. The van der Waals surface area contributed by atoms with E-state index in [0.29, 0.717) is 34.4 Å². The number of nitrogen functional groups attached to an aromatic ring is 2. The Morgan fingerprint density at radius 2 is 1.13 bits per heavy atom. The standard InChI is InChI=1S/C19H22FN3O3.C18H20FN3O3.CH4.Li.H2O/c1-26-19(25)14-7-6-13(8-15(14)20)17-18(21)22-9-16(23-17)12-4-2-11(10-24)3-5-12;19-14-7-12(5-6-13(14)18(24)25)16-17(20)21-8-15(22-16)11-3-1-10(9-23)2-4-11;;;/h6-9,11-12,24H,2-5,10H2,1H3,(H2,21,22);5-8,10-11,23H,1-4,9H2,(H2,20,21)(H,24,25);1H4;;1H2/q;;;+1;/p-1. The number of carboxylic acids is 1. The Morgan fingerprint density at radius 1 is 0.741 bits per heavy atom. The molecule has 0 atom stereocenters. The Kier molecular flexibility index (Phi) is 17.6. The minimum atomic E-state index is -1.32. The van der Waals surface area contributed by atoms with Gasteiger partial charge in [0.1, 0.15) is 34.7 Å². The van der Waals surface area contributed by atoms with E-state index in [1.165, 1.54) is 31.4 Å². The molecule has 286 valence electrons. The molecule has 2 heterocycles. The molecule has 2 aromatic heterocycles. The molecule has 0 saturated heterocycles. The van der Waals surface area contributed by atoms with Gasteiger partial charge >= 0.3 is 30.8 Å². The molecule has 6 rings (SSSR count). The van der Waals surface area contributed by atoms with Crippen molar-refractivity contribution in [1.29, 1.82) is 0 Å². The normalized spacial score (nSPS) is 19.1. The minimum absolute atomic E-state index is 0. The van der Waals surface area contributed by atoms with Crippen LogP contribution in [0.5, 0.6) is 0 Å². The van der Waals surface area contributed by atoms with Gasteiger partial charge in [0, 0.05) is 36.2 Å². The monoisotopic (exact) mass is 744 g/mol. The quantitative estimate of drug-likeness (QED) is 0.129. The summed E-state index contributed by atoms with van der Waals surface area (Å²) in [5.74, 6) is -2.01. The smallest absolute Gasteiger partial charge is 0.870 e. The number of esters is 1. The third kappa shape index (κ3) is 10.8. The largest absolute Gasteiger partial charge is 1.00 e. The number of nitrogens with two attached hydrogens (primary N) is 2. The number of nitrogens with zero attached hydrogens (tertiary/aromatic N) is 4. The van der Waals surface area contributed by atoms with Crippen molar-refractivity contribution >= 4 is 23.6 Å². The number of rotatable bonds is 8. The van der Waals surface area contributed by atoms with Gasteiger partial charge in [0.2, 0.25) is 0 Å². The first kappa shape index (κ1) is 45.6. The van der Waals surface area contributed by atoms with Crippen LogP contribution >= 0.6 is 0 Å². The number of carboxylic acid groups (broad SMARTS) is 1. The molecule has 0 amide bonds. The van der Waals surface area contributed by atoms with Gasteiger partial charge in [-0.2, -0.15) is 0 Å². The molecule has 0 aliphatic heterocycles. The van der Waals surface area contributed by atoms with Gasteiger partial charge in [-0.3, -0.25) is 0 Å². The van der Waals surface area contributed by atoms with Gasteiger partial charge in [-0.1, -0.05) is 19.6 Å². The van der Waals surface area contributed by atoms with Crippen LogP contribution in [0.2, 0.25) is 0 Å². The third-order valence-electron chi connectivity index (χ3n) is 9.81. The molecule has 13 nitrogen and oxygen atoms in total. The summed E-state index contributed by atoms with van der Waals surface area (Å²) < 4.78 is 32.7. The summed E-state index contributed by atoms with van der Waals surface area (Å²) in [7, 11) is 1.20. The number of carbonyl (C=O) groups excluding carboxylic acids is 1. The molecule has 4 aromatic rings. The van der Waals surface area contributed by atoms with Gasteiger partial charge in [-0.15, -0.1) is 0 Å². The van der Waals surface area contributed by atoms with Gasteiger partial charge in [-0.25, -0.2) is 38.3 Å². The third-order valence-corrected chi connectivity index (χ3v) is 9.81. The number of halogens is 2. The molecule has 0 spiro atoms. The van der Waals surface area contributed by atoms with E-state index in [1.807, 2.05) is 0 Å². The van der Waals surface area contributed by atoms with Crippen molar-refractivity contribution in [2.75, 3.05) is 31.8 Å². The van der Waals surface area contributed by atoms with Gasteiger partial charge in [-0.05, 0) is 87.5 Å². The average Bonchev–Trinajstić information content (AvgIpc) is 3.15. The summed E-state index contributed by atoms with van der Waals surface area (Å²) in [6, 6.07) is 7.97. The molecular weight excluding hydrogens is 697 g/mol. The molecule has 16 heteroatoms. The minimum Gasteiger partial charge on any atom is -0.870 e. The maximum atomic E-state index is 14.2. The van der Waals surface area contributed by atoms with E-state index in [-0.39, 0.29) is 74.0 Å². The number of aliphatic hydroxyl groups excluding tert-OH is 2. The van der Waals surface area contributed by atoms with E-state index in [1.54, 1.807) is 18.5 Å². The topological polar surface area (TPSA) is 238 Å². The Morgan fingerprint density at radius 3 is 1.46 bits per heavy atom. The van der Waals surface area contributed by atoms with E-state index < -0.39 is 29.1 Å². The molecule has 54 heavy (non-hydrogen) atoms. The van der Waals surface area contributed by atoms with E-state index in [2.05, 4.69) is 24.7 Å². The molecule has 0 radical (unpaired) electrons. The van der Waals surface area contributed by atoms with Crippen molar-refractivity contribution < 1.29 is 62.8 Å². The van der Waals surface area contributed by atoms with E-state index >= 15 is 0 Å². The maximum absolute atomic E-state index is 14.2. The van der Waals surface area contributed by atoms with Crippen LogP contribution in [0, 0.1) is 23.5 Å². The van der Waals surface area contributed by atoms with Crippen LogP contribution in [0.1, 0.15) is 103 Å². The maximum Gasteiger partial charge on any atom is 1.00 e. The number of hydrogen-bond donors (Lipinski definition) is 5. The zero-order valence-corrected chi connectivity index (χ0v) is 29.7. The summed E-state index contributed by atoms with van der Waals surface area (Å²) in [5.41, 5.74) is 14.6. The van der Waals surface area contributed by atoms with Gasteiger partial charge in [0.15, 0.2) is 0 Å². The number of benzene rings is 2. The Bertz CT molecular complexity index is 1870. The summed E-state index contributed by atoms with van der Waals surface area (Å²) in [4.78, 5) is 40.1. The molecule has 2 aliphatic carbocycles. The molecule has 8 N–H and O–H groups in total. The number of ether oxygens (including phenoxy) is 1. The average molecular weight is 745 g/mol. The zero-order valence-electron chi connectivity index (χ0n) is 29.7. The molecular formula is C38H47F2LiN6O7. The first-order valence-electron chi connectivity index (χ1n) is 16.9. The summed E-state index contributed by atoms with van der Waals surface area (Å²) in [6.45, 7) is 0.428. The number of aliphatic hydroxyl groups is 2. The van der Waals surface area contributed by atoms with Gasteiger partial charge in [0.25, 0.3) is 0 Å². The first-order chi connectivity index (χ1) is 24.5. The number of methoxy groups -OCH3 is 1. The summed E-state index contributed by atoms with van der Waals surface area (Å²) in [5, 5.41) is 27.4. The fraction of sp³-hybridized carbons (Fsp3) is 0.421. The van der Waals surface area contributed by atoms with Crippen LogP contribution in [0.4, 0.5) is 20.4 Å². The Hall–Kier alpha value is -4.52. The van der Waals surface area contributed by atoms with Crippen molar-refractivity contribution in [3.63, 3.8) is 0 Å². The molecule has 2 fully saturated rings. The fourth-order valence-electron chi connectivity index (χ4n) is 6.70. The number of anilines is 2. The predicted molar refractivity (Wildman–Crippen MR) is 194 cm³/mol. The fourth-order valence-corrected chi connectivity index (χ4v) is 6.70. The molecule has 2 saturated carbocycles. The van der Waals surface area contributed by atoms with Crippen LogP contribution in [0.25, 0.3) is 22.5 Å². The van der Waals surface area contributed by atoms with Crippen molar-refractivity contribution in [3.8, 4) is 22.5 Å². The predicted octanol–water partition coefficient (Wildman–Crippen LogP) is 3.21. The molecule has 0 bridgehead atoms. The van der Waals surface area contributed by atoms with E-state index in [0.717, 1.165) is 68.8 Å². The van der Waals surface area contributed by atoms with Gasteiger partial charge in [0.05, 0.1) is 42.0 Å². The molecule has 0 unspecified atom stereocenters. The van der Waals surface area contributed by atoms with Crippen LogP contribution in [0.15, 0.2) is 48.8 Å². The van der Waals surface area contributed by atoms with Crippen molar-refractivity contribution in [2.24, 2.45) is 11.8 Å².